The van der Waals surface area contributed by atoms with Crippen molar-refractivity contribution in [3.05, 3.63) is 23.8 Å². The van der Waals surface area contributed by atoms with E-state index in [2.05, 4.69) is 0 Å². The fraction of sp³-hybridized carbons (Fsp3) is 0.455. The number of hydrogen-bond acceptors (Lipinski definition) is 3. The minimum absolute atomic E-state index is 0.0670. The number of aliphatic hydroxyl groups is 1. The Bertz CT molecular complexity index is 308. The lowest BCUT2D eigenvalue weighted by molar-refractivity contribution is 0.0945. The standard InChI is InChI=1S/C11H14O3/c1-13-10-4-2-3-8-5-6-9(7-12)14-11(8)10/h2-4,9,12H,5-7H2,1H3/t9-/m0/s1. The Balaban J connectivity index is 2.33. The SMILES string of the molecule is COc1cccc2c1O[C@H](CO)CC2. The maximum absolute atomic E-state index is 9.01. The average Bonchev–Trinajstić information content (AvgIpc) is 2.27. The molecule has 0 fully saturated rings. The molecule has 0 saturated heterocycles. The first-order chi connectivity index (χ1) is 6.85. The van der Waals surface area contributed by atoms with Gasteiger partial charge in [-0.1, -0.05) is 12.1 Å². The summed E-state index contributed by atoms with van der Waals surface area (Å²) in [5, 5.41) is 9.01. The van der Waals surface area contributed by atoms with Crippen molar-refractivity contribution in [2.75, 3.05) is 13.7 Å². The van der Waals surface area contributed by atoms with Gasteiger partial charge in [0, 0.05) is 0 Å². The van der Waals surface area contributed by atoms with Gasteiger partial charge >= 0.3 is 0 Å². The van der Waals surface area contributed by atoms with Gasteiger partial charge in [0.2, 0.25) is 0 Å². The zero-order chi connectivity index (χ0) is 9.97. The highest BCUT2D eigenvalue weighted by atomic mass is 16.5. The molecule has 1 atom stereocenters. The molecule has 0 spiro atoms. The third-order valence-electron chi connectivity index (χ3n) is 2.50. The lowest BCUT2D eigenvalue weighted by Gasteiger charge is -2.25. The molecule has 1 aromatic rings. The van der Waals surface area contributed by atoms with Gasteiger partial charge in [0.1, 0.15) is 6.10 Å². The van der Waals surface area contributed by atoms with Gasteiger partial charge in [-0.2, -0.15) is 0 Å². The van der Waals surface area contributed by atoms with Crippen molar-refractivity contribution in [1.82, 2.24) is 0 Å². The van der Waals surface area contributed by atoms with E-state index in [4.69, 9.17) is 14.6 Å². The largest absolute Gasteiger partial charge is 0.493 e. The summed E-state index contributed by atoms with van der Waals surface area (Å²) >= 11 is 0. The molecule has 0 amide bonds. The molecule has 0 saturated carbocycles. The van der Waals surface area contributed by atoms with Crippen LogP contribution in [0.5, 0.6) is 11.5 Å². The molecule has 1 aromatic carbocycles. The van der Waals surface area contributed by atoms with Crippen LogP contribution in [-0.2, 0) is 6.42 Å². The van der Waals surface area contributed by atoms with Gasteiger partial charge in [-0.25, -0.2) is 0 Å². The first kappa shape index (κ1) is 9.34. The van der Waals surface area contributed by atoms with Crippen molar-refractivity contribution in [3.63, 3.8) is 0 Å². The minimum Gasteiger partial charge on any atom is -0.493 e. The van der Waals surface area contributed by atoms with E-state index in [1.165, 1.54) is 0 Å². The predicted molar refractivity (Wildman–Crippen MR) is 52.8 cm³/mol. The molecule has 1 heterocycles. The van der Waals surface area contributed by atoms with E-state index in [-0.39, 0.29) is 12.7 Å². The number of aliphatic hydroxyl groups excluding tert-OH is 1. The van der Waals surface area contributed by atoms with E-state index in [9.17, 15) is 0 Å². The van der Waals surface area contributed by atoms with E-state index in [0.717, 1.165) is 29.9 Å². The molecule has 0 bridgehead atoms. The van der Waals surface area contributed by atoms with Crippen LogP contribution >= 0.6 is 0 Å². The van der Waals surface area contributed by atoms with Gasteiger partial charge in [-0.05, 0) is 24.5 Å². The Morgan fingerprint density at radius 1 is 1.57 bits per heavy atom. The lowest BCUT2D eigenvalue weighted by Crippen LogP contribution is -2.26. The number of benzene rings is 1. The minimum atomic E-state index is -0.0844. The van der Waals surface area contributed by atoms with Crippen LogP contribution in [0.2, 0.25) is 0 Å². The first-order valence-electron chi connectivity index (χ1n) is 4.78. The number of rotatable bonds is 2. The zero-order valence-corrected chi connectivity index (χ0v) is 8.19. The summed E-state index contributed by atoms with van der Waals surface area (Å²) in [6.45, 7) is 0.0670. The fourth-order valence-corrected chi connectivity index (χ4v) is 1.72. The van der Waals surface area contributed by atoms with Crippen molar-refractivity contribution >= 4 is 0 Å². The van der Waals surface area contributed by atoms with Crippen LogP contribution in [0.3, 0.4) is 0 Å². The predicted octanol–water partition coefficient (Wildman–Crippen LogP) is 1.38. The summed E-state index contributed by atoms with van der Waals surface area (Å²) in [6.07, 6.45) is 1.73. The average molecular weight is 194 g/mol. The summed E-state index contributed by atoms with van der Waals surface area (Å²) < 4.78 is 10.8. The molecule has 0 radical (unpaired) electrons. The summed E-state index contributed by atoms with van der Waals surface area (Å²) in [4.78, 5) is 0. The van der Waals surface area contributed by atoms with Gasteiger partial charge in [0.15, 0.2) is 11.5 Å². The van der Waals surface area contributed by atoms with Crippen molar-refractivity contribution in [2.24, 2.45) is 0 Å². The molecule has 1 aliphatic heterocycles. The van der Waals surface area contributed by atoms with Gasteiger partial charge in [0.05, 0.1) is 13.7 Å². The maximum atomic E-state index is 9.01. The Kier molecular flexibility index (Phi) is 2.59. The molecule has 3 heteroatoms. The molecule has 1 N–H and O–H groups in total. The molecular weight excluding hydrogens is 180 g/mol. The Morgan fingerprint density at radius 2 is 2.43 bits per heavy atom. The Hall–Kier alpha value is -1.22. The van der Waals surface area contributed by atoms with E-state index < -0.39 is 0 Å². The highest BCUT2D eigenvalue weighted by Crippen LogP contribution is 2.36. The van der Waals surface area contributed by atoms with E-state index in [0.29, 0.717) is 0 Å². The molecule has 1 aliphatic rings. The number of hydrogen-bond donors (Lipinski definition) is 1. The van der Waals surface area contributed by atoms with Crippen LogP contribution in [0, 0.1) is 0 Å². The van der Waals surface area contributed by atoms with Crippen LogP contribution < -0.4 is 9.47 Å². The van der Waals surface area contributed by atoms with Crippen LogP contribution in [0.15, 0.2) is 18.2 Å². The Morgan fingerprint density at radius 3 is 3.14 bits per heavy atom. The smallest absolute Gasteiger partial charge is 0.164 e. The maximum Gasteiger partial charge on any atom is 0.164 e. The highest BCUT2D eigenvalue weighted by Gasteiger charge is 2.21. The van der Waals surface area contributed by atoms with Crippen molar-refractivity contribution in [2.45, 2.75) is 18.9 Å². The molecule has 2 rings (SSSR count). The fourth-order valence-electron chi connectivity index (χ4n) is 1.72. The highest BCUT2D eigenvalue weighted by molar-refractivity contribution is 5.47. The van der Waals surface area contributed by atoms with Crippen LogP contribution in [0.1, 0.15) is 12.0 Å². The monoisotopic (exact) mass is 194 g/mol. The van der Waals surface area contributed by atoms with E-state index >= 15 is 0 Å². The van der Waals surface area contributed by atoms with E-state index in [1.807, 2.05) is 18.2 Å². The molecular formula is C11H14O3. The summed E-state index contributed by atoms with van der Waals surface area (Å²) in [6, 6.07) is 5.87. The molecule has 14 heavy (non-hydrogen) atoms. The summed E-state index contributed by atoms with van der Waals surface area (Å²) in [5.41, 5.74) is 1.16. The van der Waals surface area contributed by atoms with Crippen molar-refractivity contribution < 1.29 is 14.6 Å². The van der Waals surface area contributed by atoms with Gasteiger partial charge in [-0.3, -0.25) is 0 Å². The first-order valence-corrected chi connectivity index (χ1v) is 4.78. The third-order valence-corrected chi connectivity index (χ3v) is 2.50. The quantitative estimate of drug-likeness (QED) is 0.773. The Labute approximate surface area is 83.3 Å². The van der Waals surface area contributed by atoms with Crippen molar-refractivity contribution in [1.29, 1.82) is 0 Å². The lowest BCUT2D eigenvalue weighted by atomic mass is 10.0. The molecule has 0 unspecified atom stereocenters. The van der Waals surface area contributed by atoms with E-state index in [1.54, 1.807) is 7.11 Å². The topological polar surface area (TPSA) is 38.7 Å². The van der Waals surface area contributed by atoms with Crippen LogP contribution in [0.25, 0.3) is 0 Å². The second kappa shape index (κ2) is 3.88. The number of methoxy groups -OCH3 is 1. The normalized spacial score (nSPS) is 19.7. The summed E-state index contributed by atoms with van der Waals surface area (Å²) in [7, 11) is 1.63. The number of para-hydroxylation sites is 1. The number of fused-ring (bicyclic) bond motifs is 1. The second-order valence-electron chi connectivity index (χ2n) is 3.41. The van der Waals surface area contributed by atoms with Gasteiger partial charge < -0.3 is 14.6 Å². The number of ether oxygens (including phenoxy) is 2. The van der Waals surface area contributed by atoms with Crippen LogP contribution in [-0.4, -0.2) is 24.9 Å². The molecule has 0 aliphatic carbocycles. The third kappa shape index (κ3) is 1.55. The van der Waals surface area contributed by atoms with Crippen molar-refractivity contribution in [3.8, 4) is 11.5 Å². The van der Waals surface area contributed by atoms with Gasteiger partial charge in [-0.15, -0.1) is 0 Å². The van der Waals surface area contributed by atoms with Crippen LogP contribution in [0.4, 0.5) is 0 Å². The second-order valence-corrected chi connectivity index (χ2v) is 3.41. The van der Waals surface area contributed by atoms with Gasteiger partial charge in [0.25, 0.3) is 0 Å². The molecule has 3 nitrogen and oxygen atoms in total. The number of aryl methyl sites for hydroxylation is 1. The molecule has 0 aromatic heterocycles. The summed E-state index contributed by atoms with van der Waals surface area (Å²) in [5.74, 6) is 1.54. The molecule has 76 valence electrons. The zero-order valence-electron chi connectivity index (χ0n) is 8.19.